The van der Waals surface area contributed by atoms with Gasteiger partial charge in [0.15, 0.2) is 0 Å². The first kappa shape index (κ1) is 23.6. The molecule has 31 heavy (non-hydrogen) atoms. The number of carbonyl (C=O) groups excluding carboxylic acids is 1. The molecule has 1 aromatic heterocycles. The van der Waals surface area contributed by atoms with Gasteiger partial charge in [-0.1, -0.05) is 12.1 Å². The van der Waals surface area contributed by atoms with E-state index in [2.05, 4.69) is 5.32 Å². The van der Waals surface area contributed by atoms with Gasteiger partial charge in [0, 0.05) is 29.8 Å². The first-order valence-electron chi connectivity index (χ1n) is 10.3. The molecule has 4 nitrogen and oxygen atoms in total. The highest BCUT2D eigenvalue weighted by molar-refractivity contribution is 7.10. The second-order valence-electron chi connectivity index (χ2n) is 8.69. The summed E-state index contributed by atoms with van der Waals surface area (Å²) in [5.74, 6) is -1.03. The second kappa shape index (κ2) is 9.20. The summed E-state index contributed by atoms with van der Waals surface area (Å²) in [4.78, 5) is 15.7. The van der Waals surface area contributed by atoms with Crippen LogP contribution in [0, 0.1) is 12.3 Å². The van der Waals surface area contributed by atoms with E-state index in [0.29, 0.717) is 18.5 Å². The molecular formula is C23H29F3N2O2S. The zero-order chi connectivity index (χ0) is 22.8. The number of benzene rings is 1. The number of nitrogens with zero attached hydrogens (tertiary/aromatic N) is 1. The maximum absolute atomic E-state index is 13.8. The molecule has 1 aromatic carbocycles. The Morgan fingerprint density at radius 2 is 1.90 bits per heavy atom. The molecule has 1 fully saturated rings. The third-order valence-electron chi connectivity index (χ3n) is 6.24. The summed E-state index contributed by atoms with van der Waals surface area (Å²) in [6.07, 6.45) is -3.70. The van der Waals surface area contributed by atoms with Gasteiger partial charge in [0.05, 0.1) is 5.41 Å². The molecule has 170 valence electrons. The van der Waals surface area contributed by atoms with Crippen molar-refractivity contribution in [2.45, 2.75) is 50.7 Å². The molecule has 3 rings (SSSR count). The highest BCUT2D eigenvalue weighted by Crippen LogP contribution is 2.66. The Bertz CT molecular complexity index is 889. The van der Waals surface area contributed by atoms with Crippen molar-refractivity contribution in [1.82, 2.24) is 10.2 Å². The number of rotatable bonds is 9. The number of hydrogen-bond acceptors (Lipinski definition) is 4. The SMILES string of the molecule is Cc1cc([C@H](CC(=O)NC[C@H](Cc2ccc(O)cc2)N(C)C)C2(C(F)(F)F)CC2)cs1. The summed E-state index contributed by atoms with van der Waals surface area (Å²) in [5, 5.41) is 14.1. The fourth-order valence-corrected chi connectivity index (χ4v) is 4.83. The van der Waals surface area contributed by atoms with Gasteiger partial charge in [0.25, 0.3) is 0 Å². The van der Waals surface area contributed by atoms with E-state index >= 15 is 0 Å². The minimum Gasteiger partial charge on any atom is -0.508 e. The number of aromatic hydroxyl groups is 1. The first-order chi connectivity index (χ1) is 14.5. The Hall–Kier alpha value is -2.06. The van der Waals surface area contributed by atoms with E-state index in [0.717, 1.165) is 10.4 Å². The monoisotopic (exact) mass is 454 g/mol. The minimum atomic E-state index is -4.32. The van der Waals surface area contributed by atoms with Crippen LogP contribution < -0.4 is 5.32 Å². The standard InChI is InChI=1S/C23H29F3N2O2S/c1-15-10-17(14-31-15)20(22(8-9-22)23(24,25)26)12-21(30)27-13-18(28(2)3)11-16-4-6-19(29)7-5-16/h4-7,10,14,18,20,29H,8-9,11-13H2,1-3H3,(H,27,30)/t18-,20-/m0/s1. The molecule has 1 aliphatic carbocycles. The molecule has 0 spiro atoms. The van der Waals surface area contributed by atoms with Gasteiger partial charge < -0.3 is 15.3 Å². The minimum absolute atomic E-state index is 0.0205. The summed E-state index contributed by atoms with van der Waals surface area (Å²) < 4.78 is 41.5. The normalized spacial score (nSPS) is 17.4. The smallest absolute Gasteiger partial charge is 0.395 e. The van der Waals surface area contributed by atoms with Gasteiger partial charge in [0.2, 0.25) is 5.91 Å². The number of hydrogen-bond donors (Lipinski definition) is 2. The molecule has 2 N–H and O–H groups in total. The summed E-state index contributed by atoms with van der Waals surface area (Å²) in [6.45, 7) is 2.20. The molecule has 2 aromatic rings. The van der Waals surface area contributed by atoms with Crippen molar-refractivity contribution in [3.8, 4) is 5.75 Å². The number of carbonyl (C=O) groups is 1. The van der Waals surface area contributed by atoms with Crippen LogP contribution in [0.3, 0.4) is 0 Å². The fourth-order valence-electron chi connectivity index (χ4n) is 4.07. The van der Waals surface area contributed by atoms with Crippen molar-refractivity contribution in [2.24, 2.45) is 5.41 Å². The topological polar surface area (TPSA) is 52.6 Å². The van der Waals surface area contributed by atoms with Crippen LogP contribution in [-0.2, 0) is 11.2 Å². The third-order valence-corrected chi connectivity index (χ3v) is 7.12. The molecule has 1 aliphatic rings. The van der Waals surface area contributed by atoms with Gasteiger partial charge in [-0.15, -0.1) is 11.3 Å². The van der Waals surface area contributed by atoms with Crippen LogP contribution in [-0.4, -0.2) is 48.8 Å². The summed E-state index contributed by atoms with van der Waals surface area (Å²) in [5.41, 5.74) is -0.169. The average Bonchev–Trinajstić information content (AvgIpc) is 3.40. The van der Waals surface area contributed by atoms with E-state index in [-0.39, 0.29) is 37.0 Å². The molecule has 0 saturated heterocycles. The van der Waals surface area contributed by atoms with Crippen LogP contribution in [0.25, 0.3) is 0 Å². The lowest BCUT2D eigenvalue weighted by atomic mass is 9.81. The van der Waals surface area contributed by atoms with Crippen LogP contribution in [0.5, 0.6) is 5.75 Å². The van der Waals surface area contributed by atoms with Crippen molar-refractivity contribution < 1.29 is 23.1 Å². The number of aryl methyl sites for hydroxylation is 1. The lowest BCUT2D eigenvalue weighted by Crippen LogP contribution is -2.42. The largest absolute Gasteiger partial charge is 0.508 e. The van der Waals surface area contributed by atoms with E-state index in [1.165, 1.54) is 11.3 Å². The molecular weight excluding hydrogens is 425 g/mol. The predicted octanol–water partition coefficient (Wildman–Crippen LogP) is 4.87. The van der Waals surface area contributed by atoms with Gasteiger partial charge in [-0.25, -0.2) is 0 Å². The van der Waals surface area contributed by atoms with E-state index in [1.807, 2.05) is 38.1 Å². The number of phenolic OH excluding ortho intramolecular Hbond substituents is 1. The highest BCUT2D eigenvalue weighted by Gasteiger charge is 2.67. The van der Waals surface area contributed by atoms with E-state index in [4.69, 9.17) is 0 Å². The first-order valence-corrected chi connectivity index (χ1v) is 11.2. The number of alkyl halides is 3. The van der Waals surface area contributed by atoms with E-state index in [1.54, 1.807) is 23.6 Å². The third kappa shape index (κ3) is 5.60. The summed E-state index contributed by atoms with van der Waals surface area (Å²) in [6, 6.07) is 8.63. The quantitative estimate of drug-likeness (QED) is 0.569. The van der Waals surface area contributed by atoms with Gasteiger partial charge in [0.1, 0.15) is 5.75 Å². The van der Waals surface area contributed by atoms with Crippen molar-refractivity contribution in [3.63, 3.8) is 0 Å². The van der Waals surface area contributed by atoms with Crippen molar-refractivity contribution >= 4 is 17.2 Å². The van der Waals surface area contributed by atoms with Crippen LogP contribution in [0.2, 0.25) is 0 Å². The second-order valence-corrected chi connectivity index (χ2v) is 9.81. The van der Waals surface area contributed by atoms with Crippen molar-refractivity contribution in [2.75, 3.05) is 20.6 Å². The summed E-state index contributed by atoms with van der Waals surface area (Å²) in [7, 11) is 3.80. The van der Waals surface area contributed by atoms with Gasteiger partial charge in [-0.2, -0.15) is 13.2 Å². The van der Waals surface area contributed by atoms with Gasteiger partial charge in [-0.3, -0.25) is 4.79 Å². The predicted molar refractivity (Wildman–Crippen MR) is 116 cm³/mol. The fraction of sp³-hybridized carbons (Fsp3) is 0.522. The van der Waals surface area contributed by atoms with E-state index < -0.39 is 17.5 Å². The van der Waals surface area contributed by atoms with Gasteiger partial charge >= 0.3 is 6.18 Å². The number of thiophene rings is 1. The molecule has 8 heteroatoms. The number of likely N-dealkylation sites (N-methyl/N-ethyl adjacent to an activating group) is 1. The van der Waals surface area contributed by atoms with Crippen LogP contribution in [0.4, 0.5) is 13.2 Å². The maximum Gasteiger partial charge on any atom is 0.395 e. The number of halogens is 3. The molecule has 0 bridgehead atoms. The Labute approximate surface area is 185 Å². The van der Waals surface area contributed by atoms with Crippen molar-refractivity contribution in [1.29, 1.82) is 0 Å². The molecule has 0 unspecified atom stereocenters. The molecule has 1 saturated carbocycles. The lowest BCUT2D eigenvalue weighted by molar-refractivity contribution is -0.194. The highest BCUT2D eigenvalue weighted by atomic mass is 32.1. The maximum atomic E-state index is 13.8. The molecule has 0 radical (unpaired) electrons. The Kier molecular flexibility index (Phi) is 7.01. The van der Waals surface area contributed by atoms with Crippen LogP contribution >= 0.6 is 11.3 Å². The Morgan fingerprint density at radius 3 is 2.39 bits per heavy atom. The number of phenols is 1. The van der Waals surface area contributed by atoms with Crippen molar-refractivity contribution in [3.05, 3.63) is 51.7 Å². The molecule has 0 aliphatic heterocycles. The number of amides is 1. The average molecular weight is 455 g/mol. The van der Waals surface area contributed by atoms with Crippen LogP contribution in [0.15, 0.2) is 35.7 Å². The Balaban J connectivity index is 1.67. The molecule has 1 amide bonds. The zero-order valence-corrected chi connectivity index (χ0v) is 18.8. The molecule has 2 atom stereocenters. The summed E-state index contributed by atoms with van der Waals surface area (Å²) >= 11 is 1.42. The number of nitrogens with one attached hydrogen (secondary N) is 1. The van der Waals surface area contributed by atoms with Crippen LogP contribution in [0.1, 0.15) is 41.2 Å². The zero-order valence-electron chi connectivity index (χ0n) is 18.0. The van der Waals surface area contributed by atoms with Gasteiger partial charge in [-0.05, 0) is 75.0 Å². The lowest BCUT2D eigenvalue weighted by Gasteiger charge is -2.29. The molecule has 1 heterocycles. The van der Waals surface area contributed by atoms with E-state index in [9.17, 15) is 23.1 Å². The Morgan fingerprint density at radius 1 is 1.26 bits per heavy atom.